The third-order valence-electron chi connectivity index (χ3n) is 2.56. The molecule has 1 aromatic carbocycles. The Balaban J connectivity index is 2.16. The van der Waals surface area contributed by atoms with Gasteiger partial charge in [-0.25, -0.2) is 8.78 Å². The molecule has 0 saturated heterocycles. The van der Waals surface area contributed by atoms with Crippen molar-refractivity contribution in [2.45, 2.75) is 19.4 Å². The third kappa shape index (κ3) is 2.82. The molecule has 0 aliphatic rings. The molecule has 1 unspecified atom stereocenters. The molecule has 1 heterocycles. The van der Waals surface area contributed by atoms with Gasteiger partial charge >= 0.3 is 0 Å². The van der Waals surface area contributed by atoms with Gasteiger partial charge in [-0.2, -0.15) is 0 Å². The van der Waals surface area contributed by atoms with Crippen LogP contribution in [0.2, 0.25) is 0 Å². The van der Waals surface area contributed by atoms with Gasteiger partial charge < -0.3 is 5.32 Å². The van der Waals surface area contributed by atoms with Gasteiger partial charge in [-0.1, -0.05) is 13.0 Å². The SMILES string of the molecule is CCC(Nc1ccc(F)c(F)c1)c1cccs1. The van der Waals surface area contributed by atoms with Gasteiger partial charge in [0.2, 0.25) is 0 Å². The highest BCUT2D eigenvalue weighted by Gasteiger charge is 2.11. The van der Waals surface area contributed by atoms with Crippen LogP contribution >= 0.6 is 11.3 Å². The van der Waals surface area contributed by atoms with Gasteiger partial charge in [0.05, 0.1) is 6.04 Å². The van der Waals surface area contributed by atoms with E-state index in [0.29, 0.717) is 5.69 Å². The number of hydrogen-bond donors (Lipinski definition) is 1. The molecular weight excluding hydrogens is 240 g/mol. The van der Waals surface area contributed by atoms with Gasteiger partial charge in [0.15, 0.2) is 11.6 Å². The minimum atomic E-state index is -0.823. The van der Waals surface area contributed by atoms with E-state index in [1.807, 2.05) is 17.5 Å². The number of thiophene rings is 1. The van der Waals surface area contributed by atoms with Crippen LogP contribution in [0.3, 0.4) is 0 Å². The number of rotatable bonds is 4. The van der Waals surface area contributed by atoms with Crippen molar-refractivity contribution in [3.05, 3.63) is 52.2 Å². The molecule has 0 aliphatic carbocycles. The zero-order valence-electron chi connectivity index (χ0n) is 9.41. The molecule has 0 spiro atoms. The number of nitrogens with one attached hydrogen (secondary N) is 1. The lowest BCUT2D eigenvalue weighted by molar-refractivity contribution is 0.509. The van der Waals surface area contributed by atoms with Crippen LogP contribution in [-0.4, -0.2) is 0 Å². The molecule has 4 heteroatoms. The highest BCUT2D eigenvalue weighted by atomic mass is 32.1. The summed E-state index contributed by atoms with van der Waals surface area (Å²) in [6.07, 6.45) is 0.888. The largest absolute Gasteiger partial charge is 0.377 e. The van der Waals surface area contributed by atoms with Crippen molar-refractivity contribution in [2.24, 2.45) is 0 Å². The standard InChI is InChI=1S/C13H13F2NS/c1-2-12(13-4-3-7-17-13)16-9-5-6-10(14)11(15)8-9/h3-8,12,16H,2H2,1H3. The molecule has 1 aromatic heterocycles. The zero-order chi connectivity index (χ0) is 12.3. The Morgan fingerprint density at radius 1 is 1.24 bits per heavy atom. The molecule has 0 aliphatic heterocycles. The molecule has 2 rings (SSSR count). The molecule has 0 bridgehead atoms. The molecule has 0 radical (unpaired) electrons. The maximum atomic E-state index is 13.1. The Morgan fingerprint density at radius 2 is 2.06 bits per heavy atom. The number of anilines is 1. The van der Waals surface area contributed by atoms with Crippen LogP contribution < -0.4 is 5.32 Å². The fourth-order valence-corrected chi connectivity index (χ4v) is 2.51. The highest BCUT2D eigenvalue weighted by Crippen LogP contribution is 2.26. The number of hydrogen-bond acceptors (Lipinski definition) is 2. The van der Waals surface area contributed by atoms with Crippen molar-refractivity contribution in [1.82, 2.24) is 0 Å². The molecule has 17 heavy (non-hydrogen) atoms. The minimum absolute atomic E-state index is 0.139. The van der Waals surface area contributed by atoms with Crippen LogP contribution in [0, 0.1) is 11.6 Å². The highest BCUT2D eigenvalue weighted by molar-refractivity contribution is 7.10. The summed E-state index contributed by atoms with van der Waals surface area (Å²) in [6.45, 7) is 2.05. The van der Waals surface area contributed by atoms with Crippen molar-refractivity contribution in [3.63, 3.8) is 0 Å². The summed E-state index contributed by atoms with van der Waals surface area (Å²) in [5.41, 5.74) is 0.601. The van der Waals surface area contributed by atoms with Crippen molar-refractivity contribution in [2.75, 3.05) is 5.32 Å². The Bertz CT molecular complexity index is 482. The van der Waals surface area contributed by atoms with E-state index in [9.17, 15) is 8.78 Å². The first kappa shape index (κ1) is 12.0. The van der Waals surface area contributed by atoms with Crippen LogP contribution in [0.5, 0.6) is 0 Å². The van der Waals surface area contributed by atoms with Crippen molar-refractivity contribution in [3.8, 4) is 0 Å². The Hall–Kier alpha value is -1.42. The molecule has 0 amide bonds. The Kier molecular flexibility index (Phi) is 3.74. The Labute approximate surface area is 103 Å². The monoisotopic (exact) mass is 253 g/mol. The second-order valence-electron chi connectivity index (χ2n) is 3.75. The summed E-state index contributed by atoms with van der Waals surface area (Å²) in [7, 11) is 0. The van der Waals surface area contributed by atoms with Crippen molar-refractivity contribution < 1.29 is 8.78 Å². The van der Waals surface area contributed by atoms with E-state index < -0.39 is 11.6 Å². The summed E-state index contributed by atoms with van der Waals surface area (Å²) in [5.74, 6) is -1.64. The summed E-state index contributed by atoms with van der Waals surface area (Å²) >= 11 is 1.65. The number of halogens is 2. The number of benzene rings is 1. The van der Waals surface area contributed by atoms with E-state index in [0.717, 1.165) is 12.5 Å². The lowest BCUT2D eigenvalue weighted by Gasteiger charge is -2.16. The Morgan fingerprint density at radius 3 is 2.65 bits per heavy atom. The second kappa shape index (κ2) is 5.27. The first-order valence-electron chi connectivity index (χ1n) is 5.45. The van der Waals surface area contributed by atoms with Crippen LogP contribution in [0.4, 0.5) is 14.5 Å². The molecule has 1 nitrogen and oxygen atoms in total. The normalized spacial score (nSPS) is 12.4. The summed E-state index contributed by atoms with van der Waals surface area (Å²) in [4.78, 5) is 1.19. The molecule has 2 aromatic rings. The second-order valence-corrected chi connectivity index (χ2v) is 4.73. The first-order valence-corrected chi connectivity index (χ1v) is 6.33. The van der Waals surface area contributed by atoms with Gasteiger partial charge in [-0.05, 0) is 30.0 Å². The minimum Gasteiger partial charge on any atom is -0.377 e. The fourth-order valence-electron chi connectivity index (χ4n) is 1.65. The van der Waals surface area contributed by atoms with Crippen LogP contribution in [0.15, 0.2) is 35.7 Å². The molecular formula is C13H13F2NS. The summed E-state index contributed by atoms with van der Waals surface area (Å²) in [5, 5.41) is 5.21. The third-order valence-corrected chi connectivity index (χ3v) is 3.54. The predicted molar refractivity (Wildman–Crippen MR) is 67.3 cm³/mol. The lowest BCUT2D eigenvalue weighted by Crippen LogP contribution is -2.08. The van der Waals surface area contributed by atoms with E-state index in [1.54, 1.807) is 17.4 Å². The predicted octanol–water partition coefficient (Wildman–Crippen LogP) is 4.59. The fraction of sp³-hybridized carbons (Fsp3) is 0.231. The van der Waals surface area contributed by atoms with Gasteiger partial charge in [0, 0.05) is 16.6 Å². The molecule has 0 saturated carbocycles. The van der Waals surface area contributed by atoms with E-state index >= 15 is 0 Å². The quantitative estimate of drug-likeness (QED) is 0.840. The average molecular weight is 253 g/mol. The van der Waals surface area contributed by atoms with E-state index in [1.165, 1.54) is 10.9 Å². The van der Waals surface area contributed by atoms with Crippen molar-refractivity contribution >= 4 is 17.0 Å². The summed E-state index contributed by atoms with van der Waals surface area (Å²) in [6, 6.07) is 8.03. The summed E-state index contributed by atoms with van der Waals surface area (Å²) < 4.78 is 25.9. The van der Waals surface area contributed by atoms with Gasteiger partial charge in [-0.3, -0.25) is 0 Å². The first-order chi connectivity index (χ1) is 8.20. The van der Waals surface area contributed by atoms with Gasteiger partial charge in [0.1, 0.15) is 0 Å². The smallest absolute Gasteiger partial charge is 0.160 e. The molecule has 0 fully saturated rings. The topological polar surface area (TPSA) is 12.0 Å². The zero-order valence-corrected chi connectivity index (χ0v) is 10.2. The van der Waals surface area contributed by atoms with Gasteiger partial charge in [-0.15, -0.1) is 11.3 Å². The van der Waals surface area contributed by atoms with E-state index in [-0.39, 0.29) is 6.04 Å². The molecule has 90 valence electrons. The van der Waals surface area contributed by atoms with E-state index in [4.69, 9.17) is 0 Å². The van der Waals surface area contributed by atoms with E-state index in [2.05, 4.69) is 12.2 Å². The van der Waals surface area contributed by atoms with Gasteiger partial charge in [0.25, 0.3) is 0 Å². The average Bonchev–Trinajstić information content (AvgIpc) is 2.84. The van der Waals surface area contributed by atoms with Crippen LogP contribution in [0.25, 0.3) is 0 Å². The molecule has 1 atom stereocenters. The lowest BCUT2D eigenvalue weighted by atomic mass is 10.1. The molecule has 1 N–H and O–H groups in total. The maximum absolute atomic E-state index is 13.1. The maximum Gasteiger partial charge on any atom is 0.160 e. The van der Waals surface area contributed by atoms with Crippen LogP contribution in [-0.2, 0) is 0 Å². The van der Waals surface area contributed by atoms with Crippen LogP contribution in [0.1, 0.15) is 24.3 Å². The van der Waals surface area contributed by atoms with Crippen molar-refractivity contribution in [1.29, 1.82) is 0 Å².